The van der Waals surface area contributed by atoms with Gasteiger partial charge in [-0.2, -0.15) is 0 Å². The average molecular weight is 320 g/mol. The van der Waals surface area contributed by atoms with E-state index >= 15 is 0 Å². The number of hydrogen-bond donors (Lipinski definition) is 1. The second kappa shape index (κ2) is 8.43. The van der Waals surface area contributed by atoms with Crippen molar-refractivity contribution in [3.05, 3.63) is 30.6 Å². The molecule has 1 heterocycles. The number of benzene rings is 1. The Morgan fingerprint density at radius 1 is 1.45 bits per heavy atom. The molecule has 2 rings (SSSR count). The van der Waals surface area contributed by atoms with Crippen LogP contribution < -0.4 is 10.1 Å². The summed E-state index contributed by atoms with van der Waals surface area (Å²) in [5, 5.41) is 11.6. The minimum Gasteiger partial charge on any atom is -0.497 e. The molecule has 0 aliphatic carbocycles. The van der Waals surface area contributed by atoms with Gasteiger partial charge in [-0.05, 0) is 18.6 Å². The van der Waals surface area contributed by atoms with Crippen molar-refractivity contribution in [2.24, 2.45) is 0 Å². The number of methoxy groups -OCH3 is 1. The van der Waals surface area contributed by atoms with Crippen LogP contribution in [0.25, 0.3) is 5.69 Å². The molecule has 1 aromatic heterocycles. The highest BCUT2D eigenvalue weighted by atomic mass is 32.2. The fraction of sp³-hybridized carbons (Fsp3) is 0.400. The highest BCUT2D eigenvalue weighted by Crippen LogP contribution is 2.22. The van der Waals surface area contributed by atoms with Gasteiger partial charge in [-0.25, -0.2) is 0 Å². The summed E-state index contributed by atoms with van der Waals surface area (Å²) in [5.41, 5.74) is 0.901. The quantitative estimate of drug-likeness (QED) is 0.597. The van der Waals surface area contributed by atoms with E-state index in [1.807, 2.05) is 28.8 Å². The first-order valence-electron chi connectivity index (χ1n) is 7.18. The van der Waals surface area contributed by atoms with Crippen molar-refractivity contribution < 1.29 is 9.53 Å². The molecule has 1 N–H and O–H groups in total. The maximum atomic E-state index is 11.8. The fourth-order valence-corrected chi connectivity index (χ4v) is 2.60. The van der Waals surface area contributed by atoms with Crippen molar-refractivity contribution in [3.63, 3.8) is 0 Å². The summed E-state index contributed by atoms with van der Waals surface area (Å²) < 4.78 is 7.06. The van der Waals surface area contributed by atoms with Gasteiger partial charge in [0.15, 0.2) is 5.16 Å². The molecule has 2 aromatic rings. The van der Waals surface area contributed by atoms with Crippen LogP contribution >= 0.6 is 11.8 Å². The number of amides is 1. The molecule has 0 aliphatic heterocycles. The lowest BCUT2D eigenvalue weighted by molar-refractivity contribution is -0.118. The van der Waals surface area contributed by atoms with Crippen LogP contribution in [0.5, 0.6) is 5.75 Å². The van der Waals surface area contributed by atoms with Crippen LogP contribution in [0.1, 0.15) is 19.8 Å². The molecule has 6 nitrogen and oxygen atoms in total. The van der Waals surface area contributed by atoms with Gasteiger partial charge in [0.1, 0.15) is 12.1 Å². The maximum Gasteiger partial charge on any atom is 0.230 e. The van der Waals surface area contributed by atoms with Gasteiger partial charge in [0.2, 0.25) is 5.91 Å². The molecule has 22 heavy (non-hydrogen) atoms. The number of nitrogens with zero attached hydrogens (tertiary/aromatic N) is 3. The van der Waals surface area contributed by atoms with Crippen LogP contribution in [0.4, 0.5) is 0 Å². The molecule has 0 unspecified atom stereocenters. The minimum atomic E-state index is 0.0126. The van der Waals surface area contributed by atoms with Gasteiger partial charge in [0, 0.05) is 12.6 Å². The standard InChI is InChI=1S/C15H20N4O2S/c1-3-4-8-16-14(20)10-22-15-18-17-11-19(15)12-6-5-7-13(9-12)21-2/h5-7,9,11H,3-4,8,10H2,1-2H3,(H,16,20). The topological polar surface area (TPSA) is 69.0 Å². The zero-order valence-electron chi connectivity index (χ0n) is 12.8. The molecule has 0 fully saturated rings. The average Bonchev–Trinajstić information content (AvgIpc) is 3.02. The van der Waals surface area contributed by atoms with Gasteiger partial charge in [0.05, 0.1) is 18.6 Å². The molecule has 118 valence electrons. The second-order valence-corrected chi connectivity index (χ2v) is 5.62. The molecular weight excluding hydrogens is 300 g/mol. The molecule has 0 aliphatic rings. The zero-order chi connectivity index (χ0) is 15.8. The Kier molecular flexibility index (Phi) is 6.27. The van der Waals surface area contributed by atoms with Crippen molar-refractivity contribution >= 4 is 17.7 Å². The Balaban J connectivity index is 1.99. The number of carbonyl (C=O) groups is 1. The Labute approximate surface area is 134 Å². The lowest BCUT2D eigenvalue weighted by atomic mass is 10.3. The molecule has 0 radical (unpaired) electrons. The van der Waals surface area contributed by atoms with Crippen LogP contribution in [0.15, 0.2) is 35.7 Å². The lowest BCUT2D eigenvalue weighted by Crippen LogP contribution is -2.26. The monoisotopic (exact) mass is 320 g/mol. The van der Waals surface area contributed by atoms with Gasteiger partial charge in [0.25, 0.3) is 0 Å². The smallest absolute Gasteiger partial charge is 0.230 e. The number of unbranched alkanes of at least 4 members (excludes halogenated alkanes) is 1. The SMILES string of the molecule is CCCCNC(=O)CSc1nncn1-c1cccc(OC)c1. The molecule has 0 bridgehead atoms. The number of thioether (sulfide) groups is 1. The van der Waals surface area contributed by atoms with Crippen molar-refractivity contribution in [3.8, 4) is 11.4 Å². The zero-order valence-corrected chi connectivity index (χ0v) is 13.6. The van der Waals surface area contributed by atoms with Crippen LogP contribution in [-0.4, -0.2) is 40.1 Å². The summed E-state index contributed by atoms with van der Waals surface area (Å²) in [6.07, 6.45) is 3.69. The van der Waals surface area contributed by atoms with E-state index < -0.39 is 0 Å². The summed E-state index contributed by atoms with van der Waals surface area (Å²) >= 11 is 1.36. The summed E-state index contributed by atoms with van der Waals surface area (Å²) in [6, 6.07) is 7.62. The van der Waals surface area contributed by atoms with Crippen LogP contribution in [0.2, 0.25) is 0 Å². The summed E-state index contributed by atoms with van der Waals surface area (Å²) in [7, 11) is 1.63. The number of hydrogen-bond acceptors (Lipinski definition) is 5. The molecule has 1 amide bonds. The van der Waals surface area contributed by atoms with E-state index in [1.54, 1.807) is 13.4 Å². The molecule has 0 saturated carbocycles. The van der Waals surface area contributed by atoms with E-state index in [9.17, 15) is 4.79 Å². The third-order valence-corrected chi connectivity index (χ3v) is 3.98. The van der Waals surface area contributed by atoms with Gasteiger partial charge in [-0.1, -0.05) is 31.2 Å². The first kappa shape index (κ1) is 16.4. The van der Waals surface area contributed by atoms with Gasteiger partial charge in [-0.15, -0.1) is 10.2 Å². The minimum absolute atomic E-state index is 0.0126. The van der Waals surface area contributed by atoms with E-state index in [-0.39, 0.29) is 5.91 Å². The Bertz CT molecular complexity index is 615. The van der Waals surface area contributed by atoms with Crippen molar-refractivity contribution in [1.29, 1.82) is 0 Å². The van der Waals surface area contributed by atoms with Crippen LogP contribution in [0.3, 0.4) is 0 Å². The van der Waals surface area contributed by atoms with Crippen LogP contribution in [0, 0.1) is 0 Å². The molecule has 7 heteroatoms. The number of carbonyl (C=O) groups excluding carboxylic acids is 1. The maximum absolute atomic E-state index is 11.8. The highest BCUT2D eigenvalue weighted by molar-refractivity contribution is 7.99. The molecule has 1 aromatic carbocycles. The van der Waals surface area contributed by atoms with Crippen molar-refractivity contribution in [1.82, 2.24) is 20.1 Å². The molecule has 0 saturated heterocycles. The van der Waals surface area contributed by atoms with Crippen LogP contribution in [-0.2, 0) is 4.79 Å². The predicted octanol–water partition coefficient (Wildman–Crippen LogP) is 2.28. The third kappa shape index (κ3) is 4.49. The van der Waals surface area contributed by atoms with E-state index in [2.05, 4.69) is 22.4 Å². The normalized spacial score (nSPS) is 10.5. The number of ether oxygens (including phenoxy) is 1. The van der Waals surface area contributed by atoms with Gasteiger partial charge >= 0.3 is 0 Å². The summed E-state index contributed by atoms with van der Waals surface area (Å²) in [5.74, 6) is 1.10. The Hall–Kier alpha value is -2.02. The van der Waals surface area contributed by atoms with Crippen molar-refractivity contribution in [2.75, 3.05) is 19.4 Å². The van der Waals surface area contributed by atoms with Gasteiger partial charge in [-0.3, -0.25) is 9.36 Å². The summed E-state index contributed by atoms with van der Waals surface area (Å²) in [4.78, 5) is 11.8. The predicted molar refractivity (Wildman–Crippen MR) is 86.6 cm³/mol. The van der Waals surface area contributed by atoms with E-state index in [0.29, 0.717) is 10.9 Å². The molecular formula is C15H20N4O2S. The van der Waals surface area contributed by atoms with E-state index in [4.69, 9.17) is 4.74 Å². The Morgan fingerprint density at radius 2 is 2.32 bits per heavy atom. The second-order valence-electron chi connectivity index (χ2n) is 4.68. The first-order chi connectivity index (χ1) is 10.7. The number of aromatic nitrogens is 3. The third-order valence-electron chi connectivity index (χ3n) is 3.03. The largest absolute Gasteiger partial charge is 0.497 e. The molecule has 0 atom stereocenters. The number of nitrogens with one attached hydrogen (secondary N) is 1. The fourth-order valence-electron chi connectivity index (χ4n) is 1.85. The van der Waals surface area contributed by atoms with Crippen molar-refractivity contribution in [2.45, 2.75) is 24.9 Å². The number of rotatable bonds is 8. The lowest BCUT2D eigenvalue weighted by Gasteiger charge is -2.08. The van der Waals surface area contributed by atoms with E-state index in [0.717, 1.165) is 30.8 Å². The van der Waals surface area contributed by atoms with E-state index in [1.165, 1.54) is 11.8 Å². The summed E-state index contributed by atoms with van der Waals surface area (Å²) in [6.45, 7) is 2.82. The van der Waals surface area contributed by atoms with Gasteiger partial charge < -0.3 is 10.1 Å². The Morgan fingerprint density at radius 3 is 3.09 bits per heavy atom. The molecule has 0 spiro atoms. The first-order valence-corrected chi connectivity index (χ1v) is 8.17. The highest BCUT2D eigenvalue weighted by Gasteiger charge is 2.10.